The lowest BCUT2D eigenvalue weighted by Gasteiger charge is -2.21. The molecule has 0 aliphatic carbocycles. The molecule has 0 unspecified atom stereocenters. The Labute approximate surface area is 98.8 Å². The zero-order valence-corrected chi connectivity index (χ0v) is 11.0. The van der Waals surface area contributed by atoms with Crippen LogP contribution in [0.1, 0.15) is 63.1 Å². The monoisotopic (exact) mass is 218 g/mol. The first-order valence-corrected chi connectivity index (χ1v) is 5.87. The normalized spacial score (nSPS) is 11.2. The van der Waals surface area contributed by atoms with Gasteiger partial charge in [-0.05, 0) is 36.0 Å². The van der Waals surface area contributed by atoms with Crippen molar-refractivity contribution < 1.29 is 5.11 Å². The number of phenols is 1. The summed E-state index contributed by atoms with van der Waals surface area (Å²) in [5.74, 6) is 1.14. The van der Waals surface area contributed by atoms with Crippen LogP contribution >= 0.6 is 0 Å². The minimum atomic E-state index is 0.330. The number of allylic oxidation sites excluding steroid dienone is 1. The van der Waals surface area contributed by atoms with Gasteiger partial charge in [0.05, 0.1) is 0 Å². The molecule has 0 saturated carbocycles. The lowest BCUT2D eigenvalue weighted by Crippen LogP contribution is -2.03. The van der Waals surface area contributed by atoms with Crippen molar-refractivity contribution in [3.05, 3.63) is 35.4 Å². The van der Waals surface area contributed by atoms with Gasteiger partial charge in [-0.3, -0.25) is 0 Å². The first-order chi connectivity index (χ1) is 7.36. The number of phenolic OH excluding ortho intramolecular Hbond substituents is 1. The Morgan fingerprint density at radius 1 is 1.06 bits per heavy atom. The van der Waals surface area contributed by atoms with E-state index in [0.717, 1.165) is 11.1 Å². The topological polar surface area (TPSA) is 20.2 Å². The minimum absolute atomic E-state index is 0.330. The van der Waals surface area contributed by atoms with Crippen LogP contribution in [0.25, 0.3) is 5.57 Å². The lowest BCUT2D eigenvalue weighted by molar-refractivity contribution is 0.462. The fourth-order valence-corrected chi connectivity index (χ4v) is 2.23. The lowest BCUT2D eigenvalue weighted by atomic mass is 9.84. The molecule has 1 rings (SSSR count). The van der Waals surface area contributed by atoms with E-state index in [4.69, 9.17) is 0 Å². The standard InChI is InChI=1S/C15H22O/c1-9(2)12-7-8-13(16)15(11(5)6)14(12)10(3)4/h7-8,10-11,16H,1H2,2-6H3. The molecule has 0 aromatic heterocycles. The van der Waals surface area contributed by atoms with Crippen LogP contribution in [0.3, 0.4) is 0 Å². The van der Waals surface area contributed by atoms with Gasteiger partial charge in [0.25, 0.3) is 0 Å². The quantitative estimate of drug-likeness (QED) is 0.781. The molecule has 16 heavy (non-hydrogen) atoms. The Morgan fingerprint density at radius 2 is 1.56 bits per heavy atom. The number of hydrogen-bond acceptors (Lipinski definition) is 1. The Bertz CT molecular complexity index is 400. The maximum Gasteiger partial charge on any atom is 0.119 e. The largest absolute Gasteiger partial charge is 0.508 e. The van der Waals surface area contributed by atoms with Crippen LogP contribution in [0.2, 0.25) is 0 Å². The van der Waals surface area contributed by atoms with Crippen LogP contribution in [0.15, 0.2) is 18.7 Å². The van der Waals surface area contributed by atoms with Crippen molar-refractivity contribution in [1.82, 2.24) is 0 Å². The molecule has 0 aliphatic heterocycles. The molecule has 88 valence electrons. The van der Waals surface area contributed by atoms with Crippen molar-refractivity contribution in [1.29, 1.82) is 0 Å². The Morgan fingerprint density at radius 3 is 1.94 bits per heavy atom. The molecular formula is C15H22O. The van der Waals surface area contributed by atoms with Crippen molar-refractivity contribution in [3.8, 4) is 5.75 Å². The highest BCUT2D eigenvalue weighted by Crippen LogP contribution is 2.37. The summed E-state index contributed by atoms with van der Waals surface area (Å²) >= 11 is 0. The molecule has 1 aromatic rings. The van der Waals surface area contributed by atoms with Crippen molar-refractivity contribution in [2.24, 2.45) is 0 Å². The molecule has 0 amide bonds. The van der Waals surface area contributed by atoms with Gasteiger partial charge in [0.15, 0.2) is 0 Å². The Kier molecular flexibility index (Phi) is 3.79. The van der Waals surface area contributed by atoms with Gasteiger partial charge in [0, 0.05) is 5.56 Å². The van der Waals surface area contributed by atoms with E-state index in [1.54, 1.807) is 6.07 Å². The van der Waals surface area contributed by atoms with Gasteiger partial charge in [0.1, 0.15) is 5.75 Å². The fraction of sp³-hybridized carbons (Fsp3) is 0.467. The van der Waals surface area contributed by atoms with Gasteiger partial charge in [-0.15, -0.1) is 0 Å². The molecule has 1 nitrogen and oxygen atoms in total. The van der Waals surface area contributed by atoms with Crippen LogP contribution in [0.4, 0.5) is 0 Å². The number of benzene rings is 1. The predicted octanol–water partition coefficient (Wildman–Crippen LogP) is 4.67. The van der Waals surface area contributed by atoms with E-state index in [9.17, 15) is 5.11 Å². The second kappa shape index (κ2) is 4.73. The molecule has 1 heteroatoms. The van der Waals surface area contributed by atoms with Gasteiger partial charge in [0.2, 0.25) is 0 Å². The third-order valence-electron chi connectivity index (χ3n) is 2.88. The first-order valence-electron chi connectivity index (χ1n) is 5.87. The molecule has 0 saturated heterocycles. The summed E-state index contributed by atoms with van der Waals surface area (Å²) in [5.41, 5.74) is 4.54. The van der Waals surface area contributed by atoms with Crippen LogP contribution in [0.5, 0.6) is 5.75 Å². The van der Waals surface area contributed by atoms with E-state index in [1.807, 2.05) is 13.0 Å². The molecule has 0 fully saturated rings. The molecule has 0 radical (unpaired) electrons. The summed E-state index contributed by atoms with van der Waals surface area (Å²) in [6.07, 6.45) is 0. The summed E-state index contributed by atoms with van der Waals surface area (Å²) < 4.78 is 0. The average Bonchev–Trinajstić information content (AvgIpc) is 2.15. The van der Waals surface area contributed by atoms with Gasteiger partial charge in [-0.1, -0.05) is 45.9 Å². The molecule has 0 atom stereocenters. The zero-order chi connectivity index (χ0) is 12.5. The van der Waals surface area contributed by atoms with Crippen molar-refractivity contribution in [2.75, 3.05) is 0 Å². The molecule has 0 spiro atoms. The number of hydrogen-bond donors (Lipinski definition) is 1. The summed E-state index contributed by atoms with van der Waals surface area (Å²) in [6.45, 7) is 14.6. The molecule has 1 aromatic carbocycles. The third-order valence-corrected chi connectivity index (χ3v) is 2.88. The Hall–Kier alpha value is -1.24. The average molecular weight is 218 g/mol. The fourth-order valence-electron chi connectivity index (χ4n) is 2.23. The molecule has 0 heterocycles. The Balaban J connectivity index is 3.56. The molecule has 1 N–H and O–H groups in total. The van der Waals surface area contributed by atoms with E-state index in [1.165, 1.54) is 11.1 Å². The van der Waals surface area contributed by atoms with Crippen LogP contribution in [0, 0.1) is 0 Å². The summed E-state index contributed by atoms with van der Waals surface area (Å²) in [4.78, 5) is 0. The predicted molar refractivity (Wildman–Crippen MR) is 71.0 cm³/mol. The maximum atomic E-state index is 9.99. The summed E-state index contributed by atoms with van der Waals surface area (Å²) in [5, 5.41) is 9.99. The highest BCUT2D eigenvalue weighted by atomic mass is 16.3. The summed E-state index contributed by atoms with van der Waals surface area (Å²) in [6, 6.07) is 3.75. The van der Waals surface area contributed by atoms with Gasteiger partial charge in [-0.2, -0.15) is 0 Å². The van der Waals surface area contributed by atoms with E-state index in [0.29, 0.717) is 17.6 Å². The van der Waals surface area contributed by atoms with E-state index >= 15 is 0 Å². The van der Waals surface area contributed by atoms with Crippen LogP contribution in [-0.2, 0) is 0 Å². The third kappa shape index (κ3) is 2.29. The second-order valence-corrected chi connectivity index (χ2v) is 5.05. The summed E-state index contributed by atoms with van der Waals surface area (Å²) in [7, 11) is 0. The van der Waals surface area contributed by atoms with Crippen molar-refractivity contribution >= 4 is 5.57 Å². The smallest absolute Gasteiger partial charge is 0.119 e. The molecular weight excluding hydrogens is 196 g/mol. The molecule has 0 bridgehead atoms. The second-order valence-electron chi connectivity index (χ2n) is 5.05. The zero-order valence-electron chi connectivity index (χ0n) is 11.0. The van der Waals surface area contributed by atoms with Gasteiger partial charge < -0.3 is 5.11 Å². The van der Waals surface area contributed by atoms with Crippen molar-refractivity contribution in [3.63, 3.8) is 0 Å². The SMILES string of the molecule is C=C(C)c1ccc(O)c(C(C)C)c1C(C)C. The minimum Gasteiger partial charge on any atom is -0.508 e. The van der Waals surface area contributed by atoms with Crippen molar-refractivity contribution in [2.45, 2.75) is 46.5 Å². The van der Waals surface area contributed by atoms with E-state index in [2.05, 4.69) is 34.3 Å². The van der Waals surface area contributed by atoms with E-state index in [-0.39, 0.29) is 0 Å². The van der Waals surface area contributed by atoms with E-state index < -0.39 is 0 Å². The first kappa shape index (κ1) is 12.8. The van der Waals surface area contributed by atoms with Crippen LogP contribution < -0.4 is 0 Å². The van der Waals surface area contributed by atoms with Gasteiger partial charge in [-0.25, -0.2) is 0 Å². The van der Waals surface area contributed by atoms with Gasteiger partial charge >= 0.3 is 0 Å². The molecule has 0 aliphatic rings. The number of rotatable bonds is 3. The highest BCUT2D eigenvalue weighted by Gasteiger charge is 2.18. The highest BCUT2D eigenvalue weighted by molar-refractivity contribution is 5.68. The van der Waals surface area contributed by atoms with Crippen LogP contribution in [-0.4, -0.2) is 5.11 Å². The number of aromatic hydroxyl groups is 1. The maximum absolute atomic E-state index is 9.99.